The molecule has 2 heterocycles. The Morgan fingerprint density at radius 2 is 1.73 bits per heavy atom. The third kappa shape index (κ3) is 3.93. The Morgan fingerprint density at radius 1 is 1.03 bits per heavy atom. The lowest BCUT2D eigenvalue weighted by Gasteiger charge is -2.34. The number of halogens is 1. The average molecular weight is 410 g/mol. The van der Waals surface area contributed by atoms with E-state index in [-0.39, 0.29) is 23.8 Å². The van der Waals surface area contributed by atoms with Gasteiger partial charge in [-0.15, -0.1) is 0 Å². The third-order valence-corrected chi connectivity index (χ3v) is 5.30. The third-order valence-electron chi connectivity index (χ3n) is 5.30. The van der Waals surface area contributed by atoms with Crippen molar-refractivity contribution in [3.05, 3.63) is 71.2 Å². The molecule has 0 unspecified atom stereocenters. The number of carbonyl (C=O) groups excluding carboxylic acids is 2. The van der Waals surface area contributed by atoms with Crippen LogP contribution < -0.4 is 0 Å². The van der Waals surface area contributed by atoms with Crippen molar-refractivity contribution in [1.29, 1.82) is 0 Å². The maximum absolute atomic E-state index is 13.9. The number of carbonyl (C=O) groups is 2. The summed E-state index contributed by atoms with van der Waals surface area (Å²) in [4.78, 5) is 28.8. The van der Waals surface area contributed by atoms with Crippen LogP contribution in [0.5, 0.6) is 0 Å². The van der Waals surface area contributed by atoms with Gasteiger partial charge >= 0.3 is 5.97 Å². The zero-order valence-corrected chi connectivity index (χ0v) is 16.8. The van der Waals surface area contributed by atoms with Crippen molar-refractivity contribution in [1.82, 2.24) is 9.80 Å². The molecule has 7 heteroatoms. The molecule has 2 aromatic carbocycles. The number of fused-ring (bicyclic) bond motifs is 1. The number of furan rings is 1. The Balaban J connectivity index is 1.48. The van der Waals surface area contributed by atoms with E-state index in [1.807, 2.05) is 24.3 Å². The number of rotatable bonds is 5. The van der Waals surface area contributed by atoms with E-state index < -0.39 is 11.8 Å². The molecule has 156 valence electrons. The lowest BCUT2D eigenvalue weighted by atomic mass is 10.1. The van der Waals surface area contributed by atoms with Crippen molar-refractivity contribution in [3.63, 3.8) is 0 Å². The van der Waals surface area contributed by atoms with Gasteiger partial charge in [-0.25, -0.2) is 9.18 Å². The molecule has 6 nitrogen and oxygen atoms in total. The van der Waals surface area contributed by atoms with E-state index in [0.717, 1.165) is 10.9 Å². The number of esters is 1. The van der Waals surface area contributed by atoms with Crippen LogP contribution in [0.15, 0.2) is 52.9 Å². The zero-order valence-electron chi connectivity index (χ0n) is 16.8. The van der Waals surface area contributed by atoms with E-state index in [1.54, 1.807) is 24.0 Å². The molecule has 1 aromatic heterocycles. The van der Waals surface area contributed by atoms with Gasteiger partial charge in [0.15, 0.2) is 0 Å². The lowest BCUT2D eigenvalue weighted by Crippen LogP contribution is -2.48. The Bertz CT molecular complexity index is 1070. The summed E-state index contributed by atoms with van der Waals surface area (Å²) in [6, 6.07) is 13.5. The van der Waals surface area contributed by atoms with Gasteiger partial charge in [-0.05, 0) is 25.1 Å². The van der Waals surface area contributed by atoms with Gasteiger partial charge in [-0.2, -0.15) is 0 Å². The highest BCUT2D eigenvalue weighted by Crippen LogP contribution is 2.28. The number of para-hydroxylation sites is 1. The van der Waals surface area contributed by atoms with Gasteiger partial charge in [0.1, 0.15) is 11.4 Å². The summed E-state index contributed by atoms with van der Waals surface area (Å²) in [5, 5.41) is 0.880. The van der Waals surface area contributed by atoms with E-state index in [1.165, 1.54) is 12.1 Å². The fourth-order valence-electron chi connectivity index (χ4n) is 3.75. The predicted octanol–water partition coefficient (Wildman–Crippen LogP) is 3.71. The molecule has 0 bridgehead atoms. The van der Waals surface area contributed by atoms with Gasteiger partial charge in [-0.1, -0.05) is 30.3 Å². The fraction of sp³-hybridized carbons (Fsp3) is 0.304. The molecule has 0 radical (unpaired) electrons. The first-order valence-corrected chi connectivity index (χ1v) is 10.0. The summed E-state index contributed by atoms with van der Waals surface area (Å²) >= 11 is 0. The van der Waals surface area contributed by atoms with Gasteiger partial charge in [0.05, 0.1) is 12.2 Å². The molecule has 0 aliphatic carbocycles. The molecule has 4 rings (SSSR count). The number of ether oxygens (including phenoxy) is 1. The van der Waals surface area contributed by atoms with Crippen molar-refractivity contribution in [2.24, 2.45) is 0 Å². The Kier molecular flexibility index (Phi) is 5.81. The quantitative estimate of drug-likeness (QED) is 0.600. The van der Waals surface area contributed by atoms with Gasteiger partial charge in [0.2, 0.25) is 5.76 Å². The average Bonchev–Trinajstić information content (AvgIpc) is 3.13. The van der Waals surface area contributed by atoms with E-state index >= 15 is 0 Å². The number of piperazine rings is 1. The van der Waals surface area contributed by atoms with Gasteiger partial charge in [0, 0.05) is 43.7 Å². The van der Waals surface area contributed by atoms with Crippen LogP contribution in [0, 0.1) is 5.82 Å². The zero-order chi connectivity index (χ0) is 21.1. The summed E-state index contributed by atoms with van der Waals surface area (Å²) in [6.45, 7) is 4.73. The Labute approximate surface area is 173 Å². The molecular weight excluding hydrogens is 387 g/mol. The van der Waals surface area contributed by atoms with Crippen molar-refractivity contribution in [2.45, 2.75) is 13.5 Å². The number of nitrogens with zero attached hydrogens (tertiary/aromatic N) is 2. The molecule has 3 aromatic rings. The Hall–Kier alpha value is -3.19. The monoisotopic (exact) mass is 410 g/mol. The minimum absolute atomic E-state index is 0.0939. The van der Waals surface area contributed by atoms with Crippen molar-refractivity contribution in [3.8, 4) is 0 Å². The van der Waals surface area contributed by atoms with Crippen LogP contribution >= 0.6 is 0 Å². The second-order valence-electron chi connectivity index (χ2n) is 7.17. The van der Waals surface area contributed by atoms with Crippen molar-refractivity contribution >= 4 is 22.8 Å². The largest absolute Gasteiger partial charge is 0.460 e. The minimum atomic E-state index is -0.506. The molecule has 1 saturated heterocycles. The number of amides is 1. The van der Waals surface area contributed by atoms with Crippen molar-refractivity contribution < 1.29 is 23.1 Å². The smallest absolute Gasteiger partial charge is 0.374 e. The standard InChI is InChI=1S/C23H23FN2O4/c1-2-29-23(28)21-18(16-7-4-6-10-20(16)30-21)15-25-11-13-26(14-12-25)22(27)17-8-3-5-9-19(17)24/h3-10H,2,11-15H2,1H3. The SMILES string of the molecule is CCOC(=O)c1oc2ccccc2c1CN1CCN(C(=O)c2ccccc2F)CC1. The molecule has 0 N–H and O–H groups in total. The maximum atomic E-state index is 13.9. The van der Waals surface area contributed by atoms with Gasteiger partial charge in [0.25, 0.3) is 5.91 Å². The molecular formula is C23H23FN2O4. The molecule has 1 amide bonds. The Morgan fingerprint density at radius 3 is 2.47 bits per heavy atom. The van der Waals surface area contributed by atoms with Crippen LogP contribution in [0.2, 0.25) is 0 Å². The summed E-state index contributed by atoms with van der Waals surface area (Å²) in [5.74, 6) is -1.05. The lowest BCUT2D eigenvalue weighted by molar-refractivity contribution is 0.0488. The second-order valence-corrected chi connectivity index (χ2v) is 7.17. The molecule has 1 fully saturated rings. The van der Waals surface area contributed by atoms with Gasteiger partial charge in [-0.3, -0.25) is 9.69 Å². The fourth-order valence-corrected chi connectivity index (χ4v) is 3.75. The highest BCUT2D eigenvalue weighted by molar-refractivity contribution is 5.96. The second kappa shape index (κ2) is 8.67. The van der Waals surface area contributed by atoms with E-state index in [2.05, 4.69) is 4.90 Å². The van der Waals surface area contributed by atoms with Crippen LogP contribution in [0.25, 0.3) is 11.0 Å². The molecule has 30 heavy (non-hydrogen) atoms. The first-order valence-electron chi connectivity index (χ1n) is 10.0. The molecule has 0 saturated carbocycles. The van der Waals surface area contributed by atoms with Crippen LogP contribution in [0.3, 0.4) is 0 Å². The highest BCUT2D eigenvalue weighted by Gasteiger charge is 2.27. The maximum Gasteiger partial charge on any atom is 0.374 e. The van der Waals surface area contributed by atoms with E-state index in [4.69, 9.17) is 9.15 Å². The van der Waals surface area contributed by atoms with Crippen LogP contribution in [-0.2, 0) is 11.3 Å². The van der Waals surface area contributed by atoms with Crippen LogP contribution in [0.4, 0.5) is 4.39 Å². The van der Waals surface area contributed by atoms with E-state index in [9.17, 15) is 14.0 Å². The topological polar surface area (TPSA) is 63.0 Å². The van der Waals surface area contributed by atoms with Crippen LogP contribution in [-0.4, -0.2) is 54.5 Å². The molecule has 1 aliphatic rings. The molecule has 0 spiro atoms. The summed E-state index contributed by atoms with van der Waals surface area (Å²) in [5.41, 5.74) is 1.53. The minimum Gasteiger partial charge on any atom is -0.460 e. The number of hydrogen-bond donors (Lipinski definition) is 0. The first kappa shape index (κ1) is 20.1. The summed E-state index contributed by atoms with van der Waals surface area (Å²) < 4.78 is 24.9. The van der Waals surface area contributed by atoms with Gasteiger partial charge < -0.3 is 14.1 Å². The number of benzene rings is 2. The van der Waals surface area contributed by atoms with E-state index in [0.29, 0.717) is 38.3 Å². The predicted molar refractivity (Wildman–Crippen MR) is 110 cm³/mol. The summed E-state index contributed by atoms with van der Waals surface area (Å²) in [7, 11) is 0. The van der Waals surface area contributed by atoms with Crippen LogP contribution in [0.1, 0.15) is 33.4 Å². The molecule has 1 aliphatic heterocycles. The first-order chi connectivity index (χ1) is 14.6. The molecule has 0 atom stereocenters. The number of hydrogen-bond acceptors (Lipinski definition) is 5. The summed E-state index contributed by atoms with van der Waals surface area (Å²) in [6.07, 6.45) is 0. The highest BCUT2D eigenvalue weighted by atomic mass is 19.1. The normalized spacial score (nSPS) is 14.8. The van der Waals surface area contributed by atoms with Crippen molar-refractivity contribution in [2.75, 3.05) is 32.8 Å².